The van der Waals surface area contributed by atoms with Gasteiger partial charge in [0, 0.05) is 0 Å². The molecular formula is C24H22FNO3S. The van der Waals surface area contributed by atoms with Crippen LogP contribution in [0.2, 0.25) is 0 Å². The van der Waals surface area contributed by atoms with Gasteiger partial charge in [0.25, 0.3) is 10.0 Å². The Morgan fingerprint density at radius 2 is 1.77 bits per heavy atom. The molecule has 0 saturated carbocycles. The number of hydrogen-bond acceptors (Lipinski definition) is 3. The number of para-hydroxylation sites is 1. The molecule has 0 amide bonds. The van der Waals surface area contributed by atoms with Crippen LogP contribution >= 0.6 is 0 Å². The number of nitrogens with zero attached hydrogens (tertiary/aromatic N) is 1. The largest absolute Gasteiger partial charge is 0.497 e. The summed E-state index contributed by atoms with van der Waals surface area (Å²) in [4.78, 5) is 0.117. The van der Waals surface area contributed by atoms with E-state index in [-0.39, 0.29) is 17.1 Å². The van der Waals surface area contributed by atoms with Gasteiger partial charge in [-0.3, -0.25) is 4.31 Å². The first-order valence-corrected chi connectivity index (χ1v) is 11.0. The van der Waals surface area contributed by atoms with Gasteiger partial charge in [0.2, 0.25) is 0 Å². The van der Waals surface area contributed by atoms with E-state index in [4.69, 9.17) is 4.74 Å². The monoisotopic (exact) mass is 423 g/mol. The topological polar surface area (TPSA) is 46.6 Å². The highest BCUT2D eigenvalue weighted by atomic mass is 32.2. The number of hydrogen-bond donors (Lipinski definition) is 0. The number of methoxy groups -OCH3 is 1. The second-order valence-corrected chi connectivity index (χ2v) is 9.24. The van der Waals surface area contributed by atoms with Crippen LogP contribution in [0.15, 0.2) is 72.1 Å². The van der Waals surface area contributed by atoms with Crippen LogP contribution in [-0.4, -0.2) is 15.5 Å². The van der Waals surface area contributed by atoms with Crippen molar-refractivity contribution < 1.29 is 17.5 Å². The molecule has 4 rings (SSSR count). The highest BCUT2D eigenvalue weighted by Gasteiger charge is 2.32. The van der Waals surface area contributed by atoms with Crippen molar-refractivity contribution in [2.24, 2.45) is 0 Å². The highest BCUT2D eigenvalue weighted by Crippen LogP contribution is 2.38. The zero-order valence-corrected chi connectivity index (χ0v) is 17.7. The molecule has 1 aliphatic heterocycles. The van der Waals surface area contributed by atoms with E-state index < -0.39 is 15.8 Å². The molecule has 3 aromatic rings. The van der Waals surface area contributed by atoms with Crippen molar-refractivity contribution in [1.82, 2.24) is 0 Å². The van der Waals surface area contributed by atoms with Crippen LogP contribution in [0.3, 0.4) is 0 Å². The summed E-state index contributed by atoms with van der Waals surface area (Å²) in [6.45, 7) is 6.02. The minimum absolute atomic E-state index is 0.0320. The Morgan fingerprint density at radius 3 is 2.47 bits per heavy atom. The van der Waals surface area contributed by atoms with E-state index in [1.807, 2.05) is 19.1 Å². The molecule has 1 aliphatic rings. The lowest BCUT2D eigenvalue weighted by Crippen LogP contribution is -2.33. The molecule has 6 heteroatoms. The Kier molecular flexibility index (Phi) is 5.12. The second-order valence-electron chi connectivity index (χ2n) is 7.38. The van der Waals surface area contributed by atoms with Crippen LogP contribution in [0, 0.1) is 12.7 Å². The lowest BCUT2D eigenvalue weighted by molar-refractivity contribution is 0.414. The van der Waals surface area contributed by atoms with Crippen molar-refractivity contribution in [3.63, 3.8) is 0 Å². The summed E-state index contributed by atoms with van der Waals surface area (Å²) < 4.78 is 48.8. The smallest absolute Gasteiger partial charge is 0.264 e. The fraction of sp³-hybridized carbons (Fsp3) is 0.167. The lowest BCUT2D eigenvalue weighted by atomic mass is 9.92. The molecule has 1 heterocycles. The molecule has 0 spiro atoms. The first-order chi connectivity index (χ1) is 14.3. The van der Waals surface area contributed by atoms with Gasteiger partial charge in [0.05, 0.1) is 24.2 Å². The number of anilines is 1. The number of halogens is 1. The standard InChI is InChI=1S/C24H22FNO3S/c1-16-7-10-21(11-8-16)30(27,28)26-15-19-14-20(29-3)9-12-22(19)17(2)13-18-5-4-6-23(25)24(18)26/h4-12,14H,2,13,15H2,1,3H3. The Labute approximate surface area is 176 Å². The molecule has 0 radical (unpaired) electrons. The van der Waals surface area contributed by atoms with E-state index in [0.717, 1.165) is 21.0 Å². The zero-order chi connectivity index (χ0) is 21.5. The van der Waals surface area contributed by atoms with Gasteiger partial charge in [0.15, 0.2) is 0 Å². The average Bonchev–Trinajstić information content (AvgIpc) is 2.71. The van der Waals surface area contributed by atoms with Crippen LogP contribution in [-0.2, 0) is 23.0 Å². The summed E-state index contributed by atoms with van der Waals surface area (Å²) in [5.41, 5.74) is 3.94. The average molecular weight is 424 g/mol. The SMILES string of the molecule is C=C1Cc2cccc(F)c2N(S(=O)(=O)c2ccc(C)cc2)Cc2cc(OC)ccc21. The summed E-state index contributed by atoms with van der Waals surface area (Å²) in [7, 11) is -2.46. The lowest BCUT2D eigenvalue weighted by Gasteiger charge is -2.31. The van der Waals surface area contributed by atoms with E-state index in [0.29, 0.717) is 23.3 Å². The predicted octanol–water partition coefficient (Wildman–Crippen LogP) is 5.11. The minimum atomic E-state index is -4.01. The second kappa shape index (κ2) is 7.61. The molecule has 0 aromatic heterocycles. The fourth-order valence-corrected chi connectivity index (χ4v) is 5.24. The number of allylic oxidation sites excluding steroid dienone is 1. The molecular weight excluding hydrogens is 401 g/mol. The highest BCUT2D eigenvalue weighted by molar-refractivity contribution is 7.92. The number of sulfonamides is 1. The summed E-state index contributed by atoms with van der Waals surface area (Å²) in [5.74, 6) is 0.0193. The van der Waals surface area contributed by atoms with Crippen LogP contribution in [0.4, 0.5) is 10.1 Å². The van der Waals surface area contributed by atoms with Crippen LogP contribution < -0.4 is 9.04 Å². The van der Waals surface area contributed by atoms with Crippen molar-refractivity contribution in [2.45, 2.75) is 24.8 Å². The fourth-order valence-electron chi connectivity index (χ4n) is 3.76. The number of fused-ring (bicyclic) bond motifs is 2. The van der Waals surface area contributed by atoms with Gasteiger partial charge in [-0.2, -0.15) is 0 Å². The first-order valence-electron chi connectivity index (χ1n) is 9.53. The third-order valence-corrected chi connectivity index (χ3v) is 7.10. The number of ether oxygens (including phenoxy) is 1. The van der Waals surface area contributed by atoms with Crippen molar-refractivity contribution in [1.29, 1.82) is 0 Å². The zero-order valence-electron chi connectivity index (χ0n) is 16.9. The van der Waals surface area contributed by atoms with Gasteiger partial charge in [-0.05, 0) is 65.9 Å². The molecule has 0 bridgehead atoms. The van der Waals surface area contributed by atoms with Crippen molar-refractivity contribution in [2.75, 3.05) is 11.4 Å². The summed E-state index contributed by atoms with van der Waals surface area (Å²) in [5, 5.41) is 0. The third-order valence-electron chi connectivity index (χ3n) is 5.34. The molecule has 0 fully saturated rings. The summed E-state index contributed by atoms with van der Waals surface area (Å²) >= 11 is 0. The molecule has 0 N–H and O–H groups in total. The number of aryl methyl sites for hydroxylation is 1. The molecule has 3 aromatic carbocycles. The van der Waals surface area contributed by atoms with Gasteiger partial charge in [0.1, 0.15) is 11.6 Å². The quantitative estimate of drug-likeness (QED) is 0.588. The van der Waals surface area contributed by atoms with E-state index in [2.05, 4.69) is 6.58 Å². The molecule has 0 unspecified atom stereocenters. The Hall–Kier alpha value is -3.12. The van der Waals surface area contributed by atoms with Crippen molar-refractivity contribution in [3.05, 3.63) is 95.3 Å². The Morgan fingerprint density at radius 1 is 1.03 bits per heavy atom. The molecule has 0 saturated heterocycles. The van der Waals surface area contributed by atoms with Crippen LogP contribution in [0.1, 0.15) is 22.3 Å². The maximum atomic E-state index is 15.0. The maximum absolute atomic E-state index is 15.0. The molecule has 30 heavy (non-hydrogen) atoms. The summed E-state index contributed by atoms with van der Waals surface area (Å²) in [6.07, 6.45) is 0.340. The van der Waals surface area contributed by atoms with Gasteiger partial charge in [-0.1, -0.05) is 42.5 Å². The van der Waals surface area contributed by atoms with E-state index in [1.165, 1.54) is 6.07 Å². The Bertz CT molecular complexity index is 1230. The third kappa shape index (κ3) is 3.48. The van der Waals surface area contributed by atoms with Gasteiger partial charge in [-0.25, -0.2) is 12.8 Å². The van der Waals surface area contributed by atoms with Crippen molar-refractivity contribution >= 4 is 21.3 Å². The normalized spacial score (nSPS) is 13.8. The van der Waals surface area contributed by atoms with E-state index in [9.17, 15) is 8.42 Å². The van der Waals surface area contributed by atoms with Gasteiger partial charge >= 0.3 is 0 Å². The minimum Gasteiger partial charge on any atom is -0.497 e. The van der Waals surface area contributed by atoms with Crippen LogP contribution in [0.5, 0.6) is 5.75 Å². The molecule has 4 nitrogen and oxygen atoms in total. The van der Waals surface area contributed by atoms with E-state index >= 15 is 4.39 Å². The van der Waals surface area contributed by atoms with E-state index in [1.54, 1.807) is 49.6 Å². The number of benzene rings is 3. The molecule has 154 valence electrons. The van der Waals surface area contributed by atoms with Crippen LogP contribution in [0.25, 0.3) is 5.57 Å². The van der Waals surface area contributed by atoms with Crippen molar-refractivity contribution in [3.8, 4) is 5.75 Å². The molecule has 0 atom stereocenters. The van der Waals surface area contributed by atoms with Gasteiger partial charge in [-0.15, -0.1) is 0 Å². The van der Waals surface area contributed by atoms with Gasteiger partial charge < -0.3 is 4.74 Å². The Balaban J connectivity index is 1.95. The predicted molar refractivity (Wildman–Crippen MR) is 117 cm³/mol. The first kappa shape index (κ1) is 20.2. The summed E-state index contributed by atoms with van der Waals surface area (Å²) in [6, 6.07) is 16.7. The number of rotatable bonds is 3. The molecule has 0 aliphatic carbocycles. The maximum Gasteiger partial charge on any atom is 0.264 e.